The van der Waals surface area contributed by atoms with Gasteiger partial charge in [-0.15, -0.1) is 0 Å². The lowest BCUT2D eigenvalue weighted by molar-refractivity contribution is 0.355. The lowest BCUT2D eigenvalue weighted by Gasteiger charge is -2.36. The number of nitrogens with zero attached hydrogens (tertiary/aromatic N) is 5. The third kappa shape index (κ3) is 8.04. The number of aromatic nitrogens is 2. The molecule has 2 heterocycles. The van der Waals surface area contributed by atoms with Crippen LogP contribution in [0, 0.1) is 13.8 Å². The van der Waals surface area contributed by atoms with Crippen LogP contribution in [-0.2, 0) is 36.5 Å². The molecule has 0 aliphatic carbocycles. The summed E-state index contributed by atoms with van der Waals surface area (Å²) in [6.07, 6.45) is 6.28. The number of hydrogen-bond acceptors (Lipinski definition) is 4. The summed E-state index contributed by atoms with van der Waals surface area (Å²) >= 11 is 0. The molecule has 7 nitrogen and oxygen atoms in total. The molecule has 1 aromatic heterocycles. The zero-order valence-electron chi connectivity index (χ0n) is 32.1. The van der Waals surface area contributed by atoms with E-state index in [1.165, 1.54) is 65.3 Å². The molecule has 1 aliphatic rings. The van der Waals surface area contributed by atoms with Gasteiger partial charge in [-0.1, -0.05) is 78.4 Å². The first-order valence-corrected chi connectivity index (χ1v) is 20.1. The summed E-state index contributed by atoms with van der Waals surface area (Å²) in [5, 5.41) is 7.62. The van der Waals surface area contributed by atoms with Crippen LogP contribution in [0.2, 0.25) is 0 Å². The fraction of sp³-hybridized carbons (Fsp3) is 0.386. The highest BCUT2D eigenvalue weighted by Crippen LogP contribution is 2.37. The van der Waals surface area contributed by atoms with Gasteiger partial charge in [0.1, 0.15) is 0 Å². The minimum absolute atomic E-state index is 0.493. The lowest BCUT2D eigenvalue weighted by atomic mass is 9.87. The van der Waals surface area contributed by atoms with Crippen LogP contribution < -0.4 is 4.90 Å². The molecule has 274 valence electrons. The smallest absolute Gasteiger partial charge is 0.281 e. The van der Waals surface area contributed by atoms with Crippen LogP contribution >= 0.6 is 0 Å². The number of rotatable bonds is 13. The van der Waals surface area contributed by atoms with Crippen LogP contribution in [0.15, 0.2) is 90.5 Å². The van der Waals surface area contributed by atoms with Crippen molar-refractivity contribution in [1.29, 1.82) is 0 Å². The van der Waals surface area contributed by atoms with Crippen molar-refractivity contribution in [3.05, 3.63) is 124 Å². The summed E-state index contributed by atoms with van der Waals surface area (Å²) in [5.41, 5.74) is 14.2. The maximum atomic E-state index is 12.5. The van der Waals surface area contributed by atoms with Crippen molar-refractivity contribution in [2.45, 2.75) is 66.2 Å². The number of hydrogen-bond donors (Lipinski definition) is 0. The molecule has 0 N–H and O–H groups in total. The highest BCUT2D eigenvalue weighted by atomic mass is 32.2. The van der Waals surface area contributed by atoms with Gasteiger partial charge in [-0.2, -0.15) is 22.1 Å². The second-order valence-corrected chi connectivity index (χ2v) is 16.8. The minimum atomic E-state index is -3.37. The van der Waals surface area contributed by atoms with Gasteiger partial charge in [-0.05, 0) is 123 Å². The van der Waals surface area contributed by atoms with Crippen LogP contribution in [0.5, 0.6) is 0 Å². The van der Waals surface area contributed by atoms with Gasteiger partial charge in [0.25, 0.3) is 10.2 Å². The van der Waals surface area contributed by atoms with Crippen LogP contribution in [-0.4, -0.2) is 67.1 Å². The van der Waals surface area contributed by atoms with E-state index in [0.717, 1.165) is 49.9 Å². The highest BCUT2D eigenvalue weighted by molar-refractivity contribution is 7.86. The third-order valence-corrected chi connectivity index (χ3v) is 12.8. The van der Waals surface area contributed by atoms with Crippen molar-refractivity contribution in [2.75, 3.05) is 45.2 Å². The summed E-state index contributed by atoms with van der Waals surface area (Å²) in [7, 11) is 1.88. The molecule has 52 heavy (non-hydrogen) atoms. The number of fused-ring (bicyclic) bond motifs is 1. The molecule has 0 unspecified atom stereocenters. The predicted molar refractivity (Wildman–Crippen MR) is 218 cm³/mol. The van der Waals surface area contributed by atoms with Gasteiger partial charge < -0.3 is 4.90 Å². The van der Waals surface area contributed by atoms with Gasteiger partial charge in [-0.25, -0.2) is 0 Å². The van der Waals surface area contributed by atoms with E-state index in [1.54, 1.807) is 18.4 Å². The Morgan fingerprint density at radius 1 is 0.788 bits per heavy atom. The van der Waals surface area contributed by atoms with E-state index in [9.17, 15) is 8.42 Å². The Kier molecular flexibility index (Phi) is 11.7. The lowest BCUT2D eigenvalue weighted by Crippen LogP contribution is -2.51. The van der Waals surface area contributed by atoms with Gasteiger partial charge in [0, 0.05) is 64.3 Å². The number of allylic oxidation sites excluding steroid dienone is 2. The van der Waals surface area contributed by atoms with Gasteiger partial charge in [0.2, 0.25) is 0 Å². The zero-order valence-corrected chi connectivity index (χ0v) is 32.9. The Hall–Kier alpha value is -4.24. The number of unbranched alkanes of at least 4 members (excludes halogenated alkanes) is 1. The number of anilines is 1. The SMILES string of the molecule is CC(C)=C(CCCCc1cccc2ccccc12)c1cccc(-c2c(C)nn(C)c2CCc2ccc(N3CCN(S(=O)(=O)N(C)C)CC3)cc2)c1C. The first kappa shape index (κ1) is 37.5. The molecular formula is C44H55N5O2S. The van der Waals surface area contributed by atoms with Crippen LogP contribution in [0.4, 0.5) is 5.69 Å². The molecule has 1 saturated heterocycles. The number of aryl methyl sites for hydroxylation is 4. The van der Waals surface area contributed by atoms with Crippen molar-refractivity contribution in [3.63, 3.8) is 0 Å². The molecule has 4 aromatic carbocycles. The molecule has 0 atom stereocenters. The van der Waals surface area contributed by atoms with Crippen LogP contribution in [0.3, 0.4) is 0 Å². The number of benzene rings is 4. The number of piperazine rings is 1. The van der Waals surface area contributed by atoms with Crippen LogP contribution in [0.1, 0.15) is 66.8 Å². The molecule has 8 heteroatoms. The van der Waals surface area contributed by atoms with Crippen molar-refractivity contribution < 1.29 is 8.42 Å². The van der Waals surface area contributed by atoms with E-state index >= 15 is 0 Å². The summed E-state index contributed by atoms with van der Waals surface area (Å²) in [4.78, 5) is 2.27. The second kappa shape index (κ2) is 16.2. The van der Waals surface area contributed by atoms with E-state index in [2.05, 4.69) is 129 Å². The summed E-state index contributed by atoms with van der Waals surface area (Å²) in [6, 6.07) is 31.0. The molecule has 6 rings (SSSR count). The standard InChI is InChI=1S/C44H55N5O2S/c1-32(2)39(18-10-8-14-36-16-12-17-37-15-9-11-19-42(36)37)40-20-13-21-41(33(40)3)44-34(4)45-47(7)43(44)27-24-35-22-25-38(26-23-35)48-28-30-49(31-29-48)52(50,51)46(5)6/h9,11-13,15-17,19-23,25-26H,8,10,14,18,24,27-31H2,1-7H3. The minimum Gasteiger partial charge on any atom is -0.369 e. The van der Waals surface area contributed by atoms with Gasteiger partial charge >= 0.3 is 0 Å². The normalized spacial score (nSPS) is 14.0. The fourth-order valence-electron chi connectivity index (χ4n) is 7.90. The fourth-order valence-corrected chi connectivity index (χ4v) is 8.99. The van der Waals surface area contributed by atoms with Crippen molar-refractivity contribution in [3.8, 4) is 11.1 Å². The molecule has 0 amide bonds. The summed E-state index contributed by atoms with van der Waals surface area (Å²) in [5.74, 6) is 0. The molecule has 0 spiro atoms. The molecule has 5 aromatic rings. The Morgan fingerprint density at radius 3 is 2.19 bits per heavy atom. The molecule has 0 saturated carbocycles. The van der Waals surface area contributed by atoms with E-state index in [1.807, 2.05) is 0 Å². The molecule has 0 radical (unpaired) electrons. The van der Waals surface area contributed by atoms with Crippen molar-refractivity contribution in [1.82, 2.24) is 18.4 Å². The largest absolute Gasteiger partial charge is 0.369 e. The Balaban J connectivity index is 1.13. The van der Waals surface area contributed by atoms with E-state index in [-0.39, 0.29) is 0 Å². The van der Waals surface area contributed by atoms with E-state index in [0.29, 0.717) is 26.2 Å². The van der Waals surface area contributed by atoms with Gasteiger partial charge in [0.15, 0.2) is 0 Å². The van der Waals surface area contributed by atoms with Crippen LogP contribution in [0.25, 0.3) is 27.5 Å². The summed E-state index contributed by atoms with van der Waals surface area (Å²) < 4.78 is 30.0. The van der Waals surface area contributed by atoms with Gasteiger partial charge in [0.05, 0.1) is 5.69 Å². The first-order chi connectivity index (χ1) is 25.0. The Morgan fingerprint density at radius 2 is 1.48 bits per heavy atom. The molecule has 1 aliphatic heterocycles. The van der Waals surface area contributed by atoms with E-state index < -0.39 is 10.2 Å². The Labute approximate surface area is 311 Å². The Bertz CT molecular complexity index is 2150. The highest BCUT2D eigenvalue weighted by Gasteiger charge is 2.28. The van der Waals surface area contributed by atoms with Crippen molar-refractivity contribution >= 4 is 32.2 Å². The molecule has 1 fully saturated rings. The quantitative estimate of drug-likeness (QED) is 0.114. The third-order valence-electron chi connectivity index (χ3n) is 10.9. The van der Waals surface area contributed by atoms with E-state index in [4.69, 9.17) is 5.10 Å². The topological polar surface area (TPSA) is 61.7 Å². The zero-order chi connectivity index (χ0) is 37.0. The average molecular weight is 718 g/mol. The second-order valence-electron chi connectivity index (χ2n) is 14.7. The maximum Gasteiger partial charge on any atom is 0.281 e. The first-order valence-electron chi connectivity index (χ1n) is 18.7. The molecular weight excluding hydrogens is 663 g/mol. The average Bonchev–Trinajstić information content (AvgIpc) is 3.42. The van der Waals surface area contributed by atoms with Crippen molar-refractivity contribution in [2.24, 2.45) is 7.05 Å². The molecule has 0 bridgehead atoms. The summed E-state index contributed by atoms with van der Waals surface area (Å²) in [6.45, 7) is 11.3. The predicted octanol–water partition coefficient (Wildman–Crippen LogP) is 8.78. The monoisotopic (exact) mass is 717 g/mol. The maximum absolute atomic E-state index is 12.5. The van der Waals surface area contributed by atoms with Gasteiger partial charge in [-0.3, -0.25) is 4.68 Å².